The molecule has 152 valence electrons. The van der Waals surface area contributed by atoms with Gasteiger partial charge in [-0.05, 0) is 49.6 Å². The first kappa shape index (κ1) is 20.5. The van der Waals surface area contributed by atoms with Gasteiger partial charge in [-0.15, -0.1) is 0 Å². The van der Waals surface area contributed by atoms with Gasteiger partial charge in [-0.3, -0.25) is 4.79 Å². The van der Waals surface area contributed by atoms with E-state index in [2.05, 4.69) is 10.3 Å². The first-order valence-electron chi connectivity index (χ1n) is 9.69. The highest BCUT2D eigenvalue weighted by atomic mass is 16.5. The number of fused-ring (bicyclic) bond motifs is 1. The van der Waals surface area contributed by atoms with E-state index in [9.17, 15) is 9.59 Å². The number of H-pyrrole nitrogens is 1. The van der Waals surface area contributed by atoms with Crippen molar-refractivity contribution >= 4 is 22.8 Å². The second kappa shape index (κ2) is 9.28. The molecular weight excluding hydrogens is 368 g/mol. The zero-order chi connectivity index (χ0) is 20.8. The van der Waals surface area contributed by atoms with E-state index in [-0.39, 0.29) is 19.1 Å². The van der Waals surface area contributed by atoms with E-state index in [4.69, 9.17) is 9.47 Å². The fourth-order valence-corrected chi connectivity index (χ4v) is 3.20. The Bertz CT molecular complexity index is 1010. The molecule has 6 nitrogen and oxygen atoms in total. The van der Waals surface area contributed by atoms with Gasteiger partial charge in [0.2, 0.25) is 0 Å². The molecule has 29 heavy (non-hydrogen) atoms. The first-order chi connectivity index (χ1) is 14.0. The lowest BCUT2D eigenvalue weighted by Gasteiger charge is -2.18. The summed E-state index contributed by atoms with van der Waals surface area (Å²) in [5.74, 6) is -0.175. The van der Waals surface area contributed by atoms with Crippen LogP contribution in [0.2, 0.25) is 0 Å². The molecule has 2 aromatic carbocycles. The molecule has 0 spiro atoms. The molecule has 0 radical (unpaired) electrons. The molecule has 0 aliphatic rings. The summed E-state index contributed by atoms with van der Waals surface area (Å²) in [6.07, 6.45) is 2.19. The number of rotatable bonds is 8. The number of para-hydroxylation sites is 1. The molecule has 0 aliphatic heterocycles. The van der Waals surface area contributed by atoms with Crippen LogP contribution in [0.25, 0.3) is 10.9 Å². The number of ether oxygens (including phenoxy) is 2. The van der Waals surface area contributed by atoms with Crippen LogP contribution in [-0.4, -0.2) is 36.1 Å². The Balaban J connectivity index is 1.69. The summed E-state index contributed by atoms with van der Waals surface area (Å²) in [5.41, 5.74) is 3.92. The Morgan fingerprint density at radius 3 is 2.72 bits per heavy atom. The number of aromatic nitrogens is 1. The monoisotopic (exact) mass is 394 g/mol. The number of hydrogen-bond donors (Lipinski definition) is 2. The molecule has 2 N–H and O–H groups in total. The quantitative estimate of drug-likeness (QED) is 0.574. The smallest absolute Gasteiger partial charge is 0.328 e. The number of carbonyl (C=O) groups excluding carboxylic acids is 2. The van der Waals surface area contributed by atoms with Crippen molar-refractivity contribution in [2.24, 2.45) is 0 Å². The summed E-state index contributed by atoms with van der Waals surface area (Å²) in [7, 11) is 0. The maximum atomic E-state index is 12.5. The number of benzene rings is 2. The number of carbonyl (C=O) groups is 2. The van der Waals surface area contributed by atoms with Gasteiger partial charge in [0.05, 0.1) is 6.61 Å². The summed E-state index contributed by atoms with van der Waals surface area (Å²) >= 11 is 0. The van der Waals surface area contributed by atoms with Crippen molar-refractivity contribution in [1.29, 1.82) is 0 Å². The molecule has 1 aromatic heterocycles. The Kier molecular flexibility index (Phi) is 6.54. The maximum absolute atomic E-state index is 12.5. The van der Waals surface area contributed by atoms with Gasteiger partial charge in [-0.1, -0.05) is 30.3 Å². The van der Waals surface area contributed by atoms with Gasteiger partial charge in [0, 0.05) is 23.5 Å². The van der Waals surface area contributed by atoms with E-state index in [0.717, 1.165) is 27.6 Å². The minimum Gasteiger partial charge on any atom is -0.483 e. The molecule has 0 saturated carbocycles. The highest BCUT2D eigenvalue weighted by Gasteiger charge is 2.24. The fraction of sp³-hybridized carbons (Fsp3) is 0.304. The molecule has 6 heteroatoms. The van der Waals surface area contributed by atoms with Crippen LogP contribution in [0.1, 0.15) is 23.6 Å². The molecule has 0 fully saturated rings. The minimum absolute atomic E-state index is 0.173. The third kappa shape index (κ3) is 5.16. The highest BCUT2D eigenvalue weighted by Crippen LogP contribution is 2.20. The molecule has 3 rings (SSSR count). The van der Waals surface area contributed by atoms with Crippen LogP contribution in [0.3, 0.4) is 0 Å². The normalized spacial score (nSPS) is 11.8. The Labute approximate surface area is 170 Å². The Hall–Kier alpha value is -3.28. The van der Waals surface area contributed by atoms with E-state index >= 15 is 0 Å². The van der Waals surface area contributed by atoms with Crippen molar-refractivity contribution in [1.82, 2.24) is 10.3 Å². The average molecular weight is 394 g/mol. The van der Waals surface area contributed by atoms with Crippen LogP contribution < -0.4 is 10.1 Å². The van der Waals surface area contributed by atoms with Crippen molar-refractivity contribution in [3.05, 3.63) is 65.4 Å². The minimum atomic E-state index is -0.788. The molecule has 1 amide bonds. The summed E-state index contributed by atoms with van der Waals surface area (Å²) in [5, 5.41) is 3.77. The van der Waals surface area contributed by atoms with E-state index in [1.165, 1.54) is 0 Å². The van der Waals surface area contributed by atoms with Crippen molar-refractivity contribution in [3.8, 4) is 5.75 Å². The molecule has 1 heterocycles. The number of esters is 1. The largest absolute Gasteiger partial charge is 0.483 e. The van der Waals surface area contributed by atoms with Gasteiger partial charge in [0.1, 0.15) is 11.8 Å². The number of aryl methyl sites for hydroxylation is 2. The molecular formula is C23H26N2O4. The highest BCUT2D eigenvalue weighted by molar-refractivity contribution is 5.87. The van der Waals surface area contributed by atoms with Crippen LogP contribution in [0.5, 0.6) is 5.75 Å². The van der Waals surface area contributed by atoms with Crippen LogP contribution >= 0.6 is 0 Å². The number of nitrogens with one attached hydrogen (secondary N) is 2. The standard InChI is InChI=1S/C23H26N2O4/c1-4-28-23(27)20(12-17-13-24-19-8-6-5-7-18(17)19)25-22(26)14-29-21-11-15(2)9-10-16(21)3/h5-11,13,20,24H,4,12,14H2,1-3H3,(H,25,26). The zero-order valence-electron chi connectivity index (χ0n) is 17.0. The van der Waals surface area contributed by atoms with Gasteiger partial charge in [0.25, 0.3) is 5.91 Å². The second-order valence-electron chi connectivity index (χ2n) is 6.99. The van der Waals surface area contributed by atoms with E-state index in [1.54, 1.807) is 6.92 Å². The van der Waals surface area contributed by atoms with Crippen molar-refractivity contribution in [2.45, 2.75) is 33.2 Å². The topological polar surface area (TPSA) is 80.4 Å². The fourth-order valence-electron chi connectivity index (χ4n) is 3.20. The molecule has 1 unspecified atom stereocenters. The Morgan fingerprint density at radius 2 is 1.93 bits per heavy atom. The third-order valence-corrected chi connectivity index (χ3v) is 4.71. The van der Waals surface area contributed by atoms with Crippen LogP contribution in [-0.2, 0) is 20.7 Å². The molecule has 0 saturated heterocycles. The Morgan fingerprint density at radius 1 is 1.14 bits per heavy atom. The van der Waals surface area contributed by atoms with Gasteiger partial charge < -0.3 is 19.8 Å². The van der Waals surface area contributed by atoms with Gasteiger partial charge >= 0.3 is 5.97 Å². The van der Waals surface area contributed by atoms with Gasteiger partial charge in [-0.25, -0.2) is 4.79 Å². The lowest BCUT2D eigenvalue weighted by atomic mass is 10.0. The average Bonchev–Trinajstić information content (AvgIpc) is 3.11. The molecule has 0 aliphatic carbocycles. The summed E-state index contributed by atoms with van der Waals surface area (Å²) in [4.78, 5) is 28.1. The molecule has 3 aromatic rings. The first-order valence-corrected chi connectivity index (χ1v) is 9.69. The van der Waals surface area contributed by atoms with Crippen LogP contribution in [0, 0.1) is 13.8 Å². The van der Waals surface area contributed by atoms with E-state index < -0.39 is 12.0 Å². The third-order valence-electron chi connectivity index (χ3n) is 4.71. The SMILES string of the molecule is CCOC(=O)C(Cc1c[nH]c2ccccc12)NC(=O)COc1cc(C)ccc1C. The van der Waals surface area contributed by atoms with Gasteiger partial charge in [0.15, 0.2) is 6.61 Å². The molecule has 0 bridgehead atoms. The maximum Gasteiger partial charge on any atom is 0.328 e. The van der Waals surface area contributed by atoms with Crippen molar-refractivity contribution in [2.75, 3.05) is 13.2 Å². The van der Waals surface area contributed by atoms with Crippen molar-refractivity contribution in [3.63, 3.8) is 0 Å². The van der Waals surface area contributed by atoms with Crippen molar-refractivity contribution < 1.29 is 19.1 Å². The predicted octanol–water partition coefficient (Wildman–Crippen LogP) is 3.45. The number of aromatic amines is 1. The van der Waals surface area contributed by atoms with E-state index in [1.807, 2.05) is 62.5 Å². The summed E-state index contributed by atoms with van der Waals surface area (Å²) in [6, 6.07) is 12.9. The number of amides is 1. The predicted molar refractivity (Wildman–Crippen MR) is 112 cm³/mol. The lowest BCUT2D eigenvalue weighted by molar-refractivity contribution is -0.147. The summed E-state index contributed by atoms with van der Waals surface area (Å²) < 4.78 is 10.8. The van der Waals surface area contributed by atoms with Crippen LogP contribution in [0.15, 0.2) is 48.7 Å². The van der Waals surface area contributed by atoms with Crippen LogP contribution in [0.4, 0.5) is 0 Å². The zero-order valence-corrected chi connectivity index (χ0v) is 17.0. The second-order valence-corrected chi connectivity index (χ2v) is 6.99. The van der Waals surface area contributed by atoms with Gasteiger partial charge in [-0.2, -0.15) is 0 Å². The number of hydrogen-bond acceptors (Lipinski definition) is 4. The summed E-state index contributed by atoms with van der Waals surface area (Å²) in [6.45, 7) is 5.70. The lowest BCUT2D eigenvalue weighted by Crippen LogP contribution is -2.45. The molecule has 1 atom stereocenters. The van der Waals surface area contributed by atoms with E-state index in [0.29, 0.717) is 12.2 Å².